The van der Waals surface area contributed by atoms with Crippen LogP contribution in [0.15, 0.2) is 53.7 Å². The minimum atomic E-state index is -3.88. The maximum Gasteiger partial charge on any atom is 0.268 e. The van der Waals surface area contributed by atoms with Crippen LogP contribution in [0.3, 0.4) is 0 Å². The molecule has 1 aliphatic heterocycles. The average molecular weight is 345 g/mol. The second-order valence-electron chi connectivity index (χ2n) is 5.90. The van der Waals surface area contributed by atoms with E-state index in [4.69, 9.17) is 0 Å². The normalized spacial score (nSPS) is 18.3. The number of nitrogens with zero attached hydrogens (tertiary/aromatic N) is 2. The number of hydrogen-bond donors (Lipinski definition) is 1. The van der Waals surface area contributed by atoms with Crippen molar-refractivity contribution in [2.75, 3.05) is 13.1 Å². The van der Waals surface area contributed by atoms with Gasteiger partial charge in [-0.2, -0.15) is 0 Å². The topological polar surface area (TPSA) is 64.0 Å². The van der Waals surface area contributed by atoms with Crippen molar-refractivity contribution in [1.29, 1.82) is 0 Å². The van der Waals surface area contributed by atoms with Crippen molar-refractivity contribution in [1.82, 2.24) is 14.3 Å². The molecule has 1 aromatic carbocycles. The van der Waals surface area contributed by atoms with E-state index >= 15 is 0 Å². The Bertz CT molecular complexity index is 1010. The standard InChI is InChI=1S/C17H16FN3O2S/c18-13-3-1-4-14(9-13)24(22,23)21-11-15(12-6-8-19-10-12)17-16(21)5-2-7-20-17/h1-5,7,9,11-12,19H,6,8,10H2. The van der Waals surface area contributed by atoms with E-state index in [0.29, 0.717) is 11.0 Å². The van der Waals surface area contributed by atoms with Gasteiger partial charge in [0.15, 0.2) is 0 Å². The lowest BCUT2D eigenvalue weighted by atomic mass is 10.0. The first-order chi connectivity index (χ1) is 11.6. The zero-order chi connectivity index (χ0) is 16.7. The first-order valence-electron chi connectivity index (χ1n) is 7.75. The zero-order valence-electron chi connectivity index (χ0n) is 12.8. The molecule has 1 fully saturated rings. The zero-order valence-corrected chi connectivity index (χ0v) is 13.6. The minimum Gasteiger partial charge on any atom is -0.316 e. The number of nitrogens with one attached hydrogen (secondary N) is 1. The Balaban J connectivity index is 1.93. The Hall–Kier alpha value is -2.25. The van der Waals surface area contributed by atoms with Crippen LogP contribution >= 0.6 is 0 Å². The van der Waals surface area contributed by atoms with Gasteiger partial charge in [0.2, 0.25) is 0 Å². The highest BCUT2D eigenvalue weighted by Gasteiger charge is 2.26. The fourth-order valence-corrected chi connectivity index (χ4v) is 4.61. The lowest BCUT2D eigenvalue weighted by Crippen LogP contribution is -2.12. The summed E-state index contributed by atoms with van der Waals surface area (Å²) in [5.41, 5.74) is 2.12. The molecule has 1 atom stereocenters. The maximum atomic E-state index is 13.5. The van der Waals surface area contributed by atoms with E-state index in [-0.39, 0.29) is 10.8 Å². The van der Waals surface area contributed by atoms with E-state index in [1.807, 2.05) is 0 Å². The van der Waals surface area contributed by atoms with Crippen LogP contribution in [0.1, 0.15) is 17.9 Å². The van der Waals surface area contributed by atoms with Crippen molar-refractivity contribution in [3.63, 3.8) is 0 Å². The molecule has 4 rings (SSSR count). The monoisotopic (exact) mass is 345 g/mol. The molecule has 1 N–H and O–H groups in total. The summed E-state index contributed by atoms with van der Waals surface area (Å²) < 4.78 is 40.7. The fraction of sp³-hybridized carbons (Fsp3) is 0.235. The second-order valence-corrected chi connectivity index (χ2v) is 7.72. The molecular formula is C17H16FN3O2S. The Kier molecular flexibility index (Phi) is 3.62. The number of fused-ring (bicyclic) bond motifs is 1. The number of pyridine rings is 1. The van der Waals surface area contributed by atoms with E-state index < -0.39 is 15.8 Å². The van der Waals surface area contributed by atoms with Crippen LogP contribution in [0.2, 0.25) is 0 Å². The van der Waals surface area contributed by atoms with E-state index in [1.165, 1.54) is 22.2 Å². The van der Waals surface area contributed by atoms with Crippen LogP contribution < -0.4 is 5.32 Å². The van der Waals surface area contributed by atoms with Gasteiger partial charge < -0.3 is 5.32 Å². The Morgan fingerprint density at radius 3 is 2.88 bits per heavy atom. The average Bonchev–Trinajstić information content (AvgIpc) is 3.22. The predicted molar refractivity (Wildman–Crippen MR) is 88.9 cm³/mol. The molecule has 0 amide bonds. The lowest BCUT2D eigenvalue weighted by molar-refractivity contribution is 0.584. The van der Waals surface area contributed by atoms with Crippen LogP contribution in [0.25, 0.3) is 11.0 Å². The Labute approximate surface area is 139 Å². The smallest absolute Gasteiger partial charge is 0.268 e. The van der Waals surface area contributed by atoms with Crippen molar-refractivity contribution in [3.05, 3.63) is 60.2 Å². The number of hydrogen-bond acceptors (Lipinski definition) is 4. The van der Waals surface area contributed by atoms with E-state index in [1.54, 1.807) is 24.5 Å². The van der Waals surface area contributed by atoms with Gasteiger partial charge in [-0.15, -0.1) is 0 Å². The molecule has 1 aliphatic rings. The Morgan fingerprint density at radius 2 is 2.12 bits per heavy atom. The van der Waals surface area contributed by atoms with Crippen molar-refractivity contribution in [2.45, 2.75) is 17.2 Å². The summed E-state index contributed by atoms with van der Waals surface area (Å²) in [6, 6.07) is 8.49. The first kappa shape index (κ1) is 15.3. The first-order valence-corrected chi connectivity index (χ1v) is 9.19. The minimum absolute atomic E-state index is 0.0700. The van der Waals surface area contributed by atoms with Gasteiger partial charge in [-0.1, -0.05) is 6.07 Å². The van der Waals surface area contributed by atoms with E-state index in [9.17, 15) is 12.8 Å². The maximum absolute atomic E-state index is 13.5. The molecule has 0 spiro atoms. The lowest BCUT2D eigenvalue weighted by Gasteiger charge is -2.07. The van der Waals surface area contributed by atoms with Crippen LogP contribution in [-0.4, -0.2) is 30.5 Å². The van der Waals surface area contributed by atoms with Crippen LogP contribution in [0, 0.1) is 5.82 Å². The van der Waals surface area contributed by atoms with Crippen LogP contribution in [0.4, 0.5) is 4.39 Å². The molecule has 3 aromatic rings. The molecule has 2 aromatic heterocycles. The van der Waals surface area contributed by atoms with Gasteiger partial charge in [-0.05, 0) is 43.3 Å². The fourth-order valence-electron chi connectivity index (χ4n) is 3.21. The summed E-state index contributed by atoms with van der Waals surface area (Å²) >= 11 is 0. The molecule has 0 aliphatic carbocycles. The quantitative estimate of drug-likeness (QED) is 0.792. The highest BCUT2D eigenvalue weighted by molar-refractivity contribution is 7.90. The third-order valence-corrected chi connectivity index (χ3v) is 6.08. The number of rotatable bonds is 3. The predicted octanol–water partition coefficient (Wildman–Crippen LogP) is 2.49. The third kappa shape index (κ3) is 2.40. The number of aromatic nitrogens is 2. The Morgan fingerprint density at radius 1 is 1.25 bits per heavy atom. The van der Waals surface area contributed by atoms with Crippen molar-refractivity contribution in [3.8, 4) is 0 Å². The number of benzene rings is 1. The molecule has 7 heteroatoms. The third-order valence-electron chi connectivity index (χ3n) is 4.41. The van der Waals surface area contributed by atoms with Gasteiger partial charge in [0, 0.05) is 30.4 Å². The van der Waals surface area contributed by atoms with Crippen LogP contribution in [-0.2, 0) is 10.0 Å². The van der Waals surface area contributed by atoms with Gasteiger partial charge in [0.25, 0.3) is 10.0 Å². The van der Waals surface area contributed by atoms with Gasteiger partial charge in [-0.25, -0.2) is 16.8 Å². The van der Waals surface area contributed by atoms with Crippen molar-refractivity contribution < 1.29 is 12.8 Å². The molecule has 24 heavy (non-hydrogen) atoms. The molecule has 5 nitrogen and oxygen atoms in total. The van der Waals surface area contributed by atoms with Crippen molar-refractivity contribution in [2.24, 2.45) is 0 Å². The van der Waals surface area contributed by atoms with Gasteiger partial charge in [0.05, 0.1) is 15.9 Å². The van der Waals surface area contributed by atoms with Crippen molar-refractivity contribution >= 4 is 21.1 Å². The summed E-state index contributed by atoms with van der Waals surface area (Å²) in [7, 11) is -3.88. The summed E-state index contributed by atoms with van der Waals surface area (Å²) in [5.74, 6) is -0.350. The molecule has 124 valence electrons. The van der Waals surface area contributed by atoms with Gasteiger partial charge in [-0.3, -0.25) is 4.98 Å². The molecule has 0 bridgehead atoms. The summed E-state index contributed by atoms with van der Waals surface area (Å²) in [6.07, 6.45) is 4.23. The SMILES string of the molecule is O=S(=O)(c1cccc(F)c1)n1cc(C2CCNC2)c2ncccc21. The molecular weight excluding hydrogens is 329 g/mol. The largest absolute Gasteiger partial charge is 0.316 e. The molecule has 1 unspecified atom stereocenters. The van der Waals surface area contributed by atoms with Gasteiger partial charge >= 0.3 is 0 Å². The molecule has 0 saturated carbocycles. The highest BCUT2D eigenvalue weighted by atomic mass is 32.2. The van der Waals surface area contributed by atoms with Crippen LogP contribution in [0.5, 0.6) is 0 Å². The summed E-state index contributed by atoms with van der Waals surface area (Å²) in [4.78, 5) is 4.31. The summed E-state index contributed by atoms with van der Waals surface area (Å²) in [6.45, 7) is 1.70. The van der Waals surface area contributed by atoms with E-state index in [0.717, 1.165) is 31.1 Å². The molecule has 3 heterocycles. The second kappa shape index (κ2) is 5.68. The van der Waals surface area contributed by atoms with Gasteiger partial charge in [0.1, 0.15) is 5.82 Å². The molecule has 1 saturated heterocycles. The molecule has 0 radical (unpaired) electrons. The van der Waals surface area contributed by atoms with E-state index in [2.05, 4.69) is 10.3 Å². The summed E-state index contributed by atoms with van der Waals surface area (Å²) in [5, 5.41) is 3.29. The number of halogens is 1. The highest BCUT2D eigenvalue weighted by Crippen LogP contribution is 2.32.